The minimum Gasteiger partial charge on any atom is -0.314 e. The van der Waals surface area contributed by atoms with Gasteiger partial charge in [-0.2, -0.15) is 5.10 Å². The minimum atomic E-state index is -0.166. The second kappa shape index (κ2) is 9.21. The molecule has 1 amide bonds. The van der Waals surface area contributed by atoms with Crippen molar-refractivity contribution in [3.8, 4) is 0 Å². The van der Waals surface area contributed by atoms with E-state index in [9.17, 15) is 4.79 Å². The summed E-state index contributed by atoms with van der Waals surface area (Å²) in [7, 11) is 0. The molecular formula is C23H20N4OS. The number of imidazole rings is 1. The summed E-state index contributed by atoms with van der Waals surface area (Å²) in [6.45, 7) is 0.706. The zero-order valence-corrected chi connectivity index (χ0v) is 16.5. The van der Waals surface area contributed by atoms with E-state index in [4.69, 9.17) is 4.98 Å². The standard InChI is InChI=1S/C23H20N4OS/c28-22(26-24-15-18-9-3-1-4-10-18)17-29-23-25-20-13-7-8-14-21(20)27(23)16-19-11-5-2-6-12-19/h1-15H,16-17H2,(H,26,28)/b24-15-. The first-order valence-corrected chi connectivity index (χ1v) is 10.3. The number of nitrogens with one attached hydrogen (secondary N) is 1. The van der Waals surface area contributed by atoms with Crippen molar-refractivity contribution >= 4 is 34.9 Å². The molecule has 4 aromatic rings. The van der Waals surface area contributed by atoms with Gasteiger partial charge in [0.2, 0.25) is 0 Å². The lowest BCUT2D eigenvalue weighted by atomic mass is 10.2. The van der Waals surface area contributed by atoms with Crippen LogP contribution in [0.4, 0.5) is 0 Å². The van der Waals surface area contributed by atoms with Gasteiger partial charge in [0.25, 0.3) is 5.91 Å². The number of thioether (sulfide) groups is 1. The number of hydrogen-bond acceptors (Lipinski definition) is 4. The van der Waals surface area contributed by atoms with Gasteiger partial charge in [-0.1, -0.05) is 84.6 Å². The van der Waals surface area contributed by atoms with Crippen molar-refractivity contribution in [2.75, 3.05) is 5.75 Å². The molecule has 4 rings (SSSR count). The molecule has 1 heterocycles. The first-order chi connectivity index (χ1) is 14.3. The summed E-state index contributed by atoms with van der Waals surface area (Å²) in [5, 5.41) is 4.84. The minimum absolute atomic E-state index is 0.166. The van der Waals surface area contributed by atoms with Crippen LogP contribution >= 0.6 is 11.8 Å². The number of carbonyl (C=O) groups excluding carboxylic acids is 1. The number of carbonyl (C=O) groups is 1. The molecule has 0 aliphatic heterocycles. The maximum atomic E-state index is 12.2. The molecule has 6 heteroatoms. The molecule has 144 valence electrons. The summed E-state index contributed by atoms with van der Waals surface area (Å²) in [5.41, 5.74) is 6.68. The lowest BCUT2D eigenvalue weighted by Crippen LogP contribution is -2.20. The van der Waals surface area contributed by atoms with E-state index in [0.717, 1.165) is 21.8 Å². The third kappa shape index (κ3) is 4.92. The van der Waals surface area contributed by atoms with Crippen molar-refractivity contribution in [1.82, 2.24) is 15.0 Å². The molecular weight excluding hydrogens is 380 g/mol. The van der Waals surface area contributed by atoms with Crippen molar-refractivity contribution in [1.29, 1.82) is 0 Å². The lowest BCUT2D eigenvalue weighted by molar-refractivity contribution is -0.118. The Morgan fingerprint density at radius 1 is 0.966 bits per heavy atom. The molecule has 0 spiro atoms. The Balaban J connectivity index is 1.45. The molecule has 1 N–H and O–H groups in total. The second-order valence-electron chi connectivity index (χ2n) is 6.45. The number of fused-ring (bicyclic) bond motifs is 1. The van der Waals surface area contributed by atoms with E-state index in [1.807, 2.05) is 66.7 Å². The van der Waals surface area contributed by atoms with Gasteiger partial charge in [-0.3, -0.25) is 4.79 Å². The molecule has 0 saturated heterocycles. The fourth-order valence-electron chi connectivity index (χ4n) is 2.96. The third-order valence-corrected chi connectivity index (χ3v) is 5.31. The molecule has 1 aromatic heterocycles. The summed E-state index contributed by atoms with van der Waals surface area (Å²) in [6.07, 6.45) is 1.63. The highest BCUT2D eigenvalue weighted by molar-refractivity contribution is 7.99. The van der Waals surface area contributed by atoms with Gasteiger partial charge in [0.1, 0.15) is 0 Å². The Kier molecular flexibility index (Phi) is 6.02. The topological polar surface area (TPSA) is 59.3 Å². The average Bonchev–Trinajstić information content (AvgIpc) is 3.11. The van der Waals surface area contributed by atoms with Crippen LogP contribution in [-0.2, 0) is 11.3 Å². The normalized spacial score (nSPS) is 11.2. The summed E-state index contributed by atoms with van der Waals surface area (Å²) >= 11 is 1.41. The van der Waals surface area contributed by atoms with E-state index in [1.54, 1.807) is 6.21 Å². The van der Waals surface area contributed by atoms with Crippen LogP contribution in [0.1, 0.15) is 11.1 Å². The predicted octanol–water partition coefficient (Wildman–Crippen LogP) is 4.33. The van der Waals surface area contributed by atoms with Crippen LogP contribution in [0.3, 0.4) is 0 Å². The van der Waals surface area contributed by atoms with E-state index in [1.165, 1.54) is 17.3 Å². The molecule has 3 aromatic carbocycles. The monoisotopic (exact) mass is 400 g/mol. The zero-order chi connectivity index (χ0) is 19.9. The quantitative estimate of drug-likeness (QED) is 0.285. The number of hydrazone groups is 1. The van der Waals surface area contributed by atoms with E-state index in [-0.39, 0.29) is 11.7 Å². The van der Waals surface area contributed by atoms with Crippen LogP contribution in [0.15, 0.2) is 95.2 Å². The van der Waals surface area contributed by atoms with Crippen molar-refractivity contribution in [2.45, 2.75) is 11.7 Å². The number of benzene rings is 3. The maximum absolute atomic E-state index is 12.2. The molecule has 0 fully saturated rings. The van der Waals surface area contributed by atoms with Gasteiger partial charge in [0, 0.05) is 0 Å². The number of amides is 1. The van der Waals surface area contributed by atoms with Gasteiger partial charge in [0.05, 0.1) is 29.5 Å². The van der Waals surface area contributed by atoms with Gasteiger partial charge in [-0.15, -0.1) is 0 Å². The molecule has 0 radical (unpaired) electrons. The number of hydrogen-bond donors (Lipinski definition) is 1. The van der Waals surface area contributed by atoms with Crippen LogP contribution in [0.2, 0.25) is 0 Å². The van der Waals surface area contributed by atoms with E-state index in [0.29, 0.717) is 6.54 Å². The van der Waals surface area contributed by atoms with Crippen LogP contribution in [0, 0.1) is 0 Å². The average molecular weight is 401 g/mol. The predicted molar refractivity (Wildman–Crippen MR) is 118 cm³/mol. The Labute approximate surface area is 173 Å². The Hall–Kier alpha value is -3.38. The summed E-state index contributed by atoms with van der Waals surface area (Å²) in [4.78, 5) is 16.9. The van der Waals surface area contributed by atoms with Crippen molar-refractivity contribution < 1.29 is 4.79 Å². The highest BCUT2D eigenvalue weighted by Crippen LogP contribution is 2.25. The van der Waals surface area contributed by atoms with Crippen molar-refractivity contribution in [3.63, 3.8) is 0 Å². The Morgan fingerprint density at radius 3 is 2.45 bits per heavy atom. The molecule has 5 nitrogen and oxygen atoms in total. The van der Waals surface area contributed by atoms with Crippen LogP contribution in [-0.4, -0.2) is 27.4 Å². The Bertz CT molecular complexity index is 1120. The highest BCUT2D eigenvalue weighted by atomic mass is 32.2. The highest BCUT2D eigenvalue weighted by Gasteiger charge is 2.13. The molecule has 29 heavy (non-hydrogen) atoms. The largest absolute Gasteiger partial charge is 0.314 e. The van der Waals surface area contributed by atoms with Crippen LogP contribution in [0.5, 0.6) is 0 Å². The maximum Gasteiger partial charge on any atom is 0.250 e. The smallest absolute Gasteiger partial charge is 0.250 e. The lowest BCUT2D eigenvalue weighted by Gasteiger charge is -2.09. The summed E-state index contributed by atoms with van der Waals surface area (Å²) in [6, 6.07) is 27.9. The van der Waals surface area contributed by atoms with Crippen molar-refractivity contribution in [2.24, 2.45) is 5.10 Å². The molecule has 0 atom stereocenters. The van der Waals surface area contributed by atoms with E-state index < -0.39 is 0 Å². The fraction of sp³-hybridized carbons (Fsp3) is 0.0870. The molecule has 0 unspecified atom stereocenters. The molecule has 0 aliphatic rings. The van der Waals surface area contributed by atoms with Gasteiger partial charge in [-0.05, 0) is 23.3 Å². The summed E-state index contributed by atoms with van der Waals surface area (Å²) in [5.74, 6) is 0.0741. The van der Waals surface area contributed by atoms with Gasteiger partial charge in [0.15, 0.2) is 5.16 Å². The molecule has 0 bridgehead atoms. The molecule has 0 aliphatic carbocycles. The first kappa shape index (κ1) is 19.0. The number of rotatable bonds is 7. The number of aromatic nitrogens is 2. The fourth-order valence-corrected chi connectivity index (χ4v) is 3.77. The Morgan fingerprint density at radius 2 is 1.66 bits per heavy atom. The molecule has 0 saturated carbocycles. The van der Waals surface area contributed by atoms with Gasteiger partial charge < -0.3 is 4.57 Å². The van der Waals surface area contributed by atoms with Crippen LogP contribution < -0.4 is 5.43 Å². The van der Waals surface area contributed by atoms with Gasteiger partial charge in [-0.25, -0.2) is 10.4 Å². The third-order valence-electron chi connectivity index (χ3n) is 4.34. The van der Waals surface area contributed by atoms with Gasteiger partial charge >= 0.3 is 0 Å². The first-order valence-electron chi connectivity index (χ1n) is 9.28. The van der Waals surface area contributed by atoms with E-state index >= 15 is 0 Å². The second-order valence-corrected chi connectivity index (χ2v) is 7.39. The SMILES string of the molecule is O=C(CSc1nc2ccccc2n1Cc1ccccc1)N/N=C\c1ccccc1. The van der Waals surface area contributed by atoms with Crippen molar-refractivity contribution in [3.05, 3.63) is 96.1 Å². The zero-order valence-electron chi connectivity index (χ0n) is 15.7. The van der Waals surface area contributed by atoms with E-state index in [2.05, 4.69) is 33.3 Å². The number of nitrogens with zero attached hydrogens (tertiary/aromatic N) is 3. The van der Waals surface area contributed by atoms with Crippen LogP contribution in [0.25, 0.3) is 11.0 Å². The summed E-state index contributed by atoms with van der Waals surface area (Å²) < 4.78 is 2.15. The number of para-hydroxylation sites is 2.